The van der Waals surface area contributed by atoms with Crippen LogP contribution >= 0.6 is 11.3 Å². The molecule has 0 spiro atoms. The second kappa shape index (κ2) is 5.68. The topological polar surface area (TPSA) is 92.9 Å². The summed E-state index contributed by atoms with van der Waals surface area (Å²) in [5.74, 6) is -1.93. The molecular weight excluding hydrogens is 268 g/mol. The monoisotopic (exact) mass is 284 g/mol. The maximum absolute atomic E-state index is 12.3. The summed E-state index contributed by atoms with van der Waals surface area (Å²) in [5, 5.41) is 10.9. The standard InChI is InChI=1S/C12H16N2O4S/c1-14(8-6-18-5-7(8)12(16)17)11(15)10(13)9-3-2-4-19-9/h2-4,7-8,10H,5-6,13H2,1H3,(H,16,17). The van der Waals surface area contributed by atoms with Gasteiger partial charge in [-0.15, -0.1) is 11.3 Å². The first kappa shape index (κ1) is 14.0. The van der Waals surface area contributed by atoms with Crippen molar-refractivity contribution in [3.63, 3.8) is 0 Å². The summed E-state index contributed by atoms with van der Waals surface area (Å²) < 4.78 is 5.16. The Hall–Kier alpha value is -1.44. The van der Waals surface area contributed by atoms with Crippen molar-refractivity contribution in [3.8, 4) is 0 Å². The molecule has 0 bridgehead atoms. The van der Waals surface area contributed by atoms with E-state index in [9.17, 15) is 9.59 Å². The smallest absolute Gasteiger partial charge is 0.311 e. The van der Waals surface area contributed by atoms with E-state index in [1.54, 1.807) is 13.1 Å². The van der Waals surface area contributed by atoms with Crippen molar-refractivity contribution in [3.05, 3.63) is 22.4 Å². The summed E-state index contributed by atoms with van der Waals surface area (Å²) >= 11 is 1.41. The lowest BCUT2D eigenvalue weighted by atomic mass is 10.0. The minimum atomic E-state index is -0.952. The number of hydrogen-bond acceptors (Lipinski definition) is 5. The number of nitrogens with two attached hydrogens (primary N) is 1. The molecule has 19 heavy (non-hydrogen) atoms. The van der Waals surface area contributed by atoms with Crippen molar-refractivity contribution >= 4 is 23.2 Å². The zero-order valence-electron chi connectivity index (χ0n) is 10.5. The molecule has 1 aliphatic heterocycles. The Morgan fingerprint density at radius 3 is 2.89 bits per heavy atom. The number of carbonyl (C=O) groups is 2. The minimum Gasteiger partial charge on any atom is -0.481 e. The normalized spacial score (nSPS) is 24.1. The summed E-state index contributed by atoms with van der Waals surface area (Å²) in [5.41, 5.74) is 5.90. The van der Waals surface area contributed by atoms with Gasteiger partial charge in [-0.1, -0.05) is 6.07 Å². The molecular formula is C12H16N2O4S. The molecule has 1 saturated heterocycles. The van der Waals surface area contributed by atoms with Gasteiger partial charge in [0, 0.05) is 11.9 Å². The van der Waals surface area contributed by atoms with E-state index in [2.05, 4.69) is 0 Å². The number of rotatable bonds is 4. The zero-order valence-corrected chi connectivity index (χ0v) is 11.3. The van der Waals surface area contributed by atoms with E-state index < -0.39 is 24.0 Å². The Balaban J connectivity index is 2.08. The average Bonchev–Trinajstić information content (AvgIpc) is 3.06. The van der Waals surface area contributed by atoms with Crippen molar-refractivity contribution in [1.82, 2.24) is 4.90 Å². The molecule has 1 aromatic rings. The van der Waals surface area contributed by atoms with Crippen molar-refractivity contribution in [2.45, 2.75) is 12.1 Å². The van der Waals surface area contributed by atoms with E-state index >= 15 is 0 Å². The Bertz CT molecular complexity index is 462. The molecule has 104 valence electrons. The molecule has 1 amide bonds. The predicted octanol–water partition coefficient (Wildman–Crippen LogP) is 0.306. The number of hydrogen-bond donors (Lipinski definition) is 2. The van der Waals surface area contributed by atoms with Gasteiger partial charge in [-0.25, -0.2) is 0 Å². The molecule has 0 aliphatic carbocycles. The summed E-state index contributed by atoms with van der Waals surface area (Å²) in [6.45, 7) is 0.363. The van der Waals surface area contributed by atoms with E-state index in [1.165, 1.54) is 16.2 Å². The van der Waals surface area contributed by atoms with Crippen LogP contribution in [0.2, 0.25) is 0 Å². The summed E-state index contributed by atoms with van der Waals surface area (Å²) in [4.78, 5) is 25.5. The lowest BCUT2D eigenvalue weighted by Gasteiger charge is -2.28. The van der Waals surface area contributed by atoms with Crippen LogP contribution in [-0.4, -0.2) is 48.2 Å². The fourth-order valence-electron chi connectivity index (χ4n) is 2.13. The number of likely N-dealkylation sites (N-methyl/N-ethyl adjacent to an activating group) is 1. The molecule has 7 heteroatoms. The van der Waals surface area contributed by atoms with Crippen LogP contribution in [0.15, 0.2) is 17.5 Å². The minimum absolute atomic E-state index is 0.131. The Kier molecular flexibility index (Phi) is 4.18. The van der Waals surface area contributed by atoms with Gasteiger partial charge in [0.25, 0.3) is 0 Å². The first-order chi connectivity index (χ1) is 9.02. The van der Waals surface area contributed by atoms with Crippen LogP contribution in [0.5, 0.6) is 0 Å². The predicted molar refractivity (Wildman–Crippen MR) is 69.8 cm³/mol. The van der Waals surface area contributed by atoms with Gasteiger partial charge in [-0.2, -0.15) is 0 Å². The van der Waals surface area contributed by atoms with Crippen LogP contribution in [0.3, 0.4) is 0 Å². The molecule has 6 nitrogen and oxygen atoms in total. The number of thiophene rings is 1. The highest BCUT2D eigenvalue weighted by atomic mass is 32.1. The van der Waals surface area contributed by atoms with Crippen LogP contribution in [0.25, 0.3) is 0 Å². The van der Waals surface area contributed by atoms with Crippen molar-refractivity contribution in [2.24, 2.45) is 11.7 Å². The molecule has 3 unspecified atom stereocenters. The maximum atomic E-state index is 12.3. The van der Waals surface area contributed by atoms with Crippen LogP contribution in [-0.2, 0) is 14.3 Å². The second-order valence-electron chi connectivity index (χ2n) is 4.49. The highest BCUT2D eigenvalue weighted by Gasteiger charge is 2.39. The third kappa shape index (κ3) is 2.78. The highest BCUT2D eigenvalue weighted by Crippen LogP contribution is 2.23. The molecule has 0 saturated carbocycles. The van der Waals surface area contributed by atoms with E-state index in [1.807, 2.05) is 11.4 Å². The first-order valence-corrected chi connectivity index (χ1v) is 6.76. The number of carboxylic acids is 1. The number of aliphatic carboxylic acids is 1. The average molecular weight is 284 g/mol. The van der Waals surface area contributed by atoms with Gasteiger partial charge in [-0.05, 0) is 11.4 Å². The highest BCUT2D eigenvalue weighted by molar-refractivity contribution is 7.10. The summed E-state index contributed by atoms with van der Waals surface area (Å²) in [7, 11) is 1.57. The van der Waals surface area contributed by atoms with Gasteiger partial charge in [-0.3, -0.25) is 9.59 Å². The maximum Gasteiger partial charge on any atom is 0.311 e. The van der Waals surface area contributed by atoms with E-state index in [-0.39, 0.29) is 19.1 Å². The molecule has 0 aromatic carbocycles. The Morgan fingerprint density at radius 1 is 1.58 bits per heavy atom. The first-order valence-electron chi connectivity index (χ1n) is 5.88. The van der Waals surface area contributed by atoms with Crippen LogP contribution in [0, 0.1) is 5.92 Å². The molecule has 0 radical (unpaired) electrons. The SMILES string of the molecule is CN(C(=O)C(N)c1cccs1)C1COCC1C(=O)O. The number of nitrogens with zero attached hydrogens (tertiary/aromatic N) is 1. The van der Waals surface area contributed by atoms with Crippen LogP contribution < -0.4 is 5.73 Å². The van der Waals surface area contributed by atoms with Gasteiger partial charge < -0.3 is 20.5 Å². The summed E-state index contributed by atoms with van der Waals surface area (Å²) in [6.07, 6.45) is 0. The largest absolute Gasteiger partial charge is 0.481 e. The molecule has 1 aromatic heterocycles. The molecule has 3 atom stereocenters. The summed E-state index contributed by atoms with van der Waals surface area (Å²) in [6, 6.07) is 2.41. The van der Waals surface area contributed by atoms with Gasteiger partial charge in [0.1, 0.15) is 12.0 Å². The zero-order chi connectivity index (χ0) is 14.0. The third-order valence-electron chi connectivity index (χ3n) is 3.33. The van der Waals surface area contributed by atoms with E-state index in [4.69, 9.17) is 15.6 Å². The second-order valence-corrected chi connectivity index (χ2v) is 5.47. The van der Waals surface area contributed by atoms with Crippen molar-refractivity contribution < 1.29 is 19.4 Å². The fourth-order valence-corrected chi connectivity index (χ4v) is 2.85. The lowest BCUT2D eigenvalue weighted by Crippen LogP contribution is -2.47. The Labute approximate surface area is 114 Å². The molecule has 1 aliphatic rings. The number of ether oxygens (including phenoxy) is 1. The third-order valence-corrected chi connectivity index (χ3v) is 4.28. The van der Waals surface area contributed by atoms with Gasteiger partial charge in [0.05, 0.1) is 19.3 Å². The molecule has 2 heterocycles. The van der Waals surface area contributed by atoms with E-state index in [0.717, 1.165) is 4.88 Å². The van der Waals surface area contributed by atoms with E-state index in [0.29, 0.717) is 0 Å². The van der Waals surface area contributed by atoms with Crippen molar-refractivity contribution in [2.75, 3.05) is 20.3 Å². The fraction of sp³-hybridized carbons (Fsp3) is 0.500. The van der Waals surface area contributed by atoms with Crippen molar-refractivity contribution in [1.29, 1.82) is 0 Å². The van der Waals surface area contributed by atoms with Gasteiger partial charge >= 0.3 is 5.97 Å². The number of carboxylic acid groups (broad SMARTS) is 1. The Morgan fingerprint density at radius 2 is 2.32 bits per heavy atom. The van der Waals surface area contributed by atoms with Gasteiger partial charge in [0.2, 0.25) is 5.91 Å². The lowest BCUT2D eigenvalue weighted by molar-refractivity contribution is -0.144. The quantitative estimate of drug-likeness (QED) is 0.830. The number of amides is 1. The van der Waals surface area contributed by atoms with Crippen LogP contribution in [0.1, 0.15) is 10.9 Å². The van der Waals surface area contributed by atoms with Gasteiger partial charge in [0.15, 0.2) is 0 Å². The molecule has 1 fully saturated rings. The number of carbonyl (C=O) groups excluding carboxylic acids is 1. The van der Waals surface area contributed by atoms with Crippen LogP contribution in [0.4, 0.5) is 0 Å². The molecule has 3 N–H and O–H groups in total. The molecule has 2 rings (SSSR count).